The second-order valence-electron chi connectivity index (χ2n) is 9.23. The number of nitrogens with zero attached hydrogens (tertiary/aromatic N) is 1. The number of rotatable bonds is 6. The first kappa shape index (κ1) is 21.4. The minimum Gasteiger partial charge on any atom is -0.364 e. The van der Waals surface area contributed by atoms with E-state index < -0.39 is 12.0 Å². The van der Waals surface area contributed by atoms with Crippen molar-refractivity contribution in [3.8, 4) is 11.3 Å². The Kier molecular flexibility index (Phi) is 5.39. The van der Waals surface area contributed by atoms with Crippen LogP contribution >= 0.6 is 23.2 Å². The van der Waals surface area contributed by atoms with Gasteiger partial charge >= 0.3 is 0 Å². The van der Waals surface area contributed by atoms with E-state index in [1.807, 2.05) is 6.92 Å². The Morgan fingerprint density at radius 2 is 1.94 bits per heavy atom. The molecule has 2 aromatic rings. The molecule has 31 heavy (non-hydrogen) atoms. The summed E-state index contributed by atoms with van der Waals surface area (Å²) in [5.74, 6) is 0.351. The number of fused-ring (bicyclic) bond motifs is 2. The molecule has 2 bridgehead atoms. The molecule has 0 radical (unpaired) electrons. The van der Waals surface area contributed by atoms with Gasteiger partial charge in [0, 0.05) is 28.9 Å². The predicted octanol–water partition coefficient (Wildman–Crippen LogP) is 6.68. The third-order valence-electron chi connectivity index (χ3n) is 7.14. The van der Waals surface area contributed by atoms with Crippen molar-refractivity contribution in [2.45, 2.75) is 63.6 Å². The Morgan fingerprint density at radius 3 is 2.55 bits per heavy atom. The summed E-state index contributed by atoms with van der Waals surface area (Å²) in [7, 11) is 0. The summed E-state index contributed by atoms with van der Waals surface area (Å²) in [6, 6.07) is 5.13. The molecule has 0 saturated heterocycles. The Morgan fingerprint density at radius 1 is 1.23 bits per heavy atom. The molecule has 0 amide bonds. The number of aromatic nitrogens is 1. The molecular formula is C23H23Cl2F2NO3. The van der Waals surface area contributed by atoms with Crippen molar-refractivity contribution >= 4 is 29.0 Å². The lowest BCUT2D eigenvalue weighted by atomic mass is 9.75. The van der Waals surface area contributed by atoms with E-state index in [-0.39, 0.29) is 48.9 Å². The Bertz CT molecular complexity index is 1000. The van der Waals surface area contributed by atoms with Gasteiger partial charge in [0.15, 0.2) is 0 Å². The van der Waals surface area contributed by atoms with Gasteiger partial charge < -0.3 is 9.26 Å². The average Bonchev–Trinajstić information content (AvgIpc) is 3.46. The molecule has 0 aliphatic heterocycles. The van der Waals surface area contributed by atoms with E-state index in [0.717, 1.165) is 12.8 Å². The van der Waals surface area contributed by atoms with Crippen molar-refractivity contribution in [2.24, 2.45) is 17.8 Å². The quantitative estimate of drug-likeness (QED) is 0.473. The van der Waals surface area contributed by atoms with Crippen molar-refractivity contribution < 1.29 is 22.8 Å². The van der Waals surface area contributed by atoms with Gasteiger partial charge in [0.1, 0.15) is 22.8 Å². The van der Waals surface area contributed by atoms with Crippen molar-refractivity contribution in [1.29, 1.82) is 0 Å². The summed E-state index contributed by atoms with van der Waals surface area (Å²) in [5, 5.41) is 5.01. The number of carbonyl (C=O) groups is 1. The first-order chi connectivity index (χ1) is 14.8. The third kappa shape index (κ3) is 3.61. The van der Waals surface area contributed by atoms with Gasteiger partial charge in [-0.15, -0.1) is 0 Å². The summed E-state index contributed by atoms with van der Waals surface area (Å²) in [4.78, 5) is 12.5. The normalized spacial score (nSPS) is 30.4. The van der Waals surface area contributed by atoms with Crippen molar-refractivity contribution in [3.05, 3.63) is 39.6 Å². The van der Waals surface area contributed by atoms with Gasteiger partial charge in [0.25, 0.3) is 6.43 Å². The van der Waals surface area contributed by atoms with E-state index in [2.05, 4.69) is 5.16 Å². The average molecular weight is 470 g/mol. The minimum absolute atomic E-state index is 0.0490. The first-order valence-corrected chi connectivity index (χ1v) is 11.4. The van der Waals surface area contributed by atoms with Crippen LogP contribution in [0.25, 0.3) is 11.3 Å². The van der Waals surface area contributed by atoms with Gasteiger partial charge in [0.2, 0.25) is 0 Å². The molecule has 4 nitrogen and oxygen atoms in total. The second kappa shape index (κ2) is 7.82. The van der Waals surface area contributed by atoms with Crippen LogP contribution in [0.4, 0.5) is 8.78 Å². The molecule has 1 heterocycles. The zero-order valence-corrected chi connectivity index (χ0v) is 18.6. The lowest BCUT2D eigenvalue weighted by Gasteiger charge is -2.39. The molecule has 4 atom stereocenters. The van der Waals surface area contributed by atoms with Gasteiger partial charge in [-0.25, -0.2) is 8.78 Å². The number of benzene rings is 1. The highest BCUT2D eigenvalue weighted by molar-refractivity contribution is 6.39. The maximum absolute atomic E-state index is 14.3. The fourth-order valence-corrected chi connectivity index (χ4v) is 5.87. The molecule has 3 unspecified atom stereocenters. The predicted molar refractivity (Wildman–Crippen MR) is 112 cm³/mol. The van der Waals surface area contributed by atoms with Crippen molar-refractivity contribution in [1.82, 2.24) is 5.16 Å². The minimum atomic E-state index is -2.69. The van der Waals surface area contributed by atoms with Gasteiger partial charge in [-0.2, -0.15) is 0 Å². The van der Waals surface area contributed by atoms with Crippen LogP contribution in [-0.4, -0.2) is 23.0 Å². The number of hydrogen-bond donors (Lipinski definition) is 0. The van der Waals surface area contributed by atoms with E-state index in [9.17, 15) is 13.6 Å². The monoisotopic (exact) mass is 469 g/mol. The zero-order valence-electron chi connectivity index (χ0n) is 17.0. The molecule has 3 fully saturated rings. The van der Waals surface area contributed by atoms with Crippen LogP contribution in [0.5, 0.6) is 0 Å². The smallest absolute Gasteiger partial charge is 0.267 e. The van der Waals surface area contributed by atoms with Crippen LogP contribution in [0, 0.1) is 17.8 Å². The van der Waals surface area contributed by atoms with Gasteiger partial charge in [-0.05, 0) is 50.2 Å². The maximum atomic E-state index is 14.3. The van der Waals surface area contributed by atoms with Crippen molar-refractivity contribution in [2.75, 3.05) is 0 Å². The highest BCUT2D eigenvalue weighted by Crippen LogP contribution is 2.52. The molecule has 0 spiro atoms. The topological polar surface area (TPSA) is 52.3 Å². The number of ketones is 1. The molecule has 8 heteroatoms. The van der Waals surface area contributed by atoms with Crippen molar-refractivity contribution in [3.63, 3.8) is 0 Å². The van der Waals surface area contributed by atoms with Gasteiger partial charge in [0.05, 0.1) is 16.7 Å². The lowest BCUT2D eigenvalue weighted by Crippen LogP contribution is -2.48. The number of carbonyl (C=O) groups excluding carboxylic acids is 1. The summed E-state index contributed by atoms with van der Waals surface area (Å²) >= 11 is 12.8. The maximum Gasteiger partial charge on any atom is 0.267 e. The van der Waals surface area contributed by atoms with Crippen LogP contribution in [0.2, 0.25) is 10.0 Å². The molecule has 3 aliphatic rings. The highest BCUT2D eigenvalue weighted by Gasteiger charge is 2.56. The molecule has 1 aromatic carbocycles. The van der Waals surface area contributed by atoms with Crippen LogP contribution in [0.15, 0.2) is 22.7 Å². The summed E-state index contributed by atoms with van der Waals surface area (Å²) in [6.45, 7) is 1.88. The molecule has 166 valence electrons. The largest absolute Gasteiger partial charge is 0.364 e. The number of halogens is 4. The van der Waals surface area contributed by atoms with Gasteiger partial charge in [-0.3, -0.25) is 4.79 Å². The van der Waals surface area contributed by atoms with E-state index >= 15 is 0 Å². The van der Waals surface area contributed by atoms with Gasteiger partial charge in [-0.1, -0.05) is 41.3 Å². The first-order valence-electron chi connectivity index (χ1n) is 10.7. The number of ether oxygens (including phenoxy) is 1. The fraction of sp³-hybridized carbons (Fsp3) is 0.565. The number of hydrogen-bond acceptors (Lipinski definition) is 4. The summed E-state index contributed by atoms with van der Waals surface area (Å²) < 4.78 is 40.3. The lowest BCUT2D eigenvalue weighted by molar-refractivity contribution is -0.180. The third-order valence-corrected chi connectivity index (χ3v) is 7.77. The Hall–Kier alpha value is -1.50. The SMILES string of the molecule is CC1C[C@@H]2CC(OCc3c(-c4c(Cl)cccc4Cl)noc3C3CC3)(C(F)F)CC1C2=O. The molecule has 3 saturated carbocycles. The zero-order chi connectivity index (χ0) is 21.9. The van der Waals surface area contributed by atoms with E-state index in [1.165, 1.54) is 0 Å². The standard InChI is InChI=1S/C23H23Cl2F2NO3/c1-11-7-13-8-23(22(26)27,9-14(11)20(13)29)30-10-15-19(28-31-21(15)12-5-6-12)18-16(24)3-2-4-17(18)25/h2-4,11-14,22H,5-10H2,1H3/t11?,13-,14?,23?/m1/s1. The second-order valence-corrected chi connectivity index (χ2v) is 10.0. The Balaban J connectivity index is 1.49. The highest BCUT2D eigenvalue weighted by atomic mass is 35.5. The summed E-state index contributed by atoms with van der Waals surface area (Å²) in [6.07, 6.45) is -0.0264. The van der Waals surface area contributed by atoms with E-state index in [4.69, 9.17) is 32.5 Å². The van der Waals surface area contributed by atoms with Crippen LogP contribution in [0.3, 0.4) is 0 Å². The Labute approximate surface area is 189 Å². The molecule has 0 N–H and O–H groups in total. The van der Waals surface area contributed by atoms with E-state index in [0.29, 0.717) is 39.0 Å². The molecule has 5 rings (SSSR count). The summed E-state index contributed by atoms with van der Waals surface area (Å²) in [5.41, 5.74) is -0.0770. The molecular weight excluding hydrogens is 447 g/mol. The number of alkyl halides is 2. The molecule has 3 aliphatic carbocycles. The van der Waals surface area contributed by atoms with E-state index in [1.54, 1.807) is 18.2 Å². The molecule has 1 aromatic heterocycles. The van der Waals surface area contributed by atoms with Crippen LogP contribution in [-0.2, 0) is 16.1 Å². The van der Waals surface area contributed by atoms with Crippen LogP contribution in [0.1, 0.15) is 56.3 Å². The number of Topliss-reactive ketones (excluding diaryl/α,β-unsaturated/α-hetero) is 1. The van der Waals surface area contributed by atoms with Crippen LogP contribution < -0.4 is 0 Å². The fourth-order valence-electron chi connectivity index (χ4n) is 5.29.